The van der Waals surface area contributed by atoms with Crippen LogP contribution in [-0.2, 0) is 4.79 Å². The molecule has 0 saturated heterocycles. The molecule has 16 heavy (non-hydrogen) atoms. The molecule has 0 radical (unpaired) electrons. The van der Waals surface area contributed by atoms with Gasteiger partial charge in [-0.3, -0.25) is 0 Å². The molecule has 1 aliphatic rings. The minimum Gasteiger partial charge on any atom is -0.489 e. The van der Waals surface area contributed by atoms with E-state index in [2.05, 4.69) is 4.90 Å². The minimum atomic E-state index is -0.957. The highest BCUT2D eigenvalue weighted by atomic mass is 16.5. The van der Waals surface area contributed by atoms with Crippen molar-refractivity contribution >= 4 is 17.7 Å². The summed E-state index contributed by atoms with van der Waals surface area (Å²) < 4.78 is 5.57. The van der Waals surface area contributed by atoms with E-state index in [-0.39, 0.29) is 0 Å². The summed E-state index contributed by atoms with van der Waals surface area (Å²) in [5.74, 6) is -0.199. The van der Waals surface area contributed by atoms with E-state index >= 15 is 0 Å². The Balaban J connectivity index is 2.40. The Labute approximate surface area is 93.8 Å². The van der Waals surface area contributed by atoms with Gasteiger partial charge in [0.05, 0.1) is 12.2 Å². The van der Waals surface area contributed by atoms with Crippen molar-refractivity contribution in [2.45, 2.75) is 0 Å². The zero-order chi connectivity index (χ0) is 11.5. The van der Waals surface area contributed by atoms with Gasteiger partial charge in [0.1, 0.15) is 12.4 Å². The Morgan fingerprint density at radius 2 is 2.38 bits per heavy atom. The standard InChI is InChI=1S/C12H13NO3/c1-13-7-8-16-12-9(5-6-11(14)15)3-2-4-10(12)13/h2-6H,7-8H2,1H3,(H,14,15)/b6-5+. The Bertz CT molecular complexity index is 440. The van der Waals surface area contributed by atoms with E-state index in [9.17, 15) is 4.79 Å². The second kappa shape index (κ2) is 4.26. The van der Waals surface area contributed by atoms with Crippen LogP contribution in [-0.4, -0.2) is 31.3 Å². The molecule has 1 aromatic rings. The molecule has 1 aliphatic heterocycles. The van der Waals surface area contributed by atoms with Crippen LogP contribution in [0.2, 0.25) is 0 Å². The van der Waals surface area contributed by atoms with Crippen LogP contribution in [0, 0.1) is 0 Å². The van der Waals surface area contributed by atoms with Gasteiger partial charge in [-0.2, -0.15) is 0 Å². The van der Waals surface area contributed by atoms with Gasteiger partial charge >= 0.3 is 5.97 Å². The number of nitrogens with zero attached hydrogens (tertiary/aromatic N) is 1. The third-order valence-corrected chi connectivity index (χ3v) is 2.51. The SMILES string of the molecule is CN1CCOc2c(/C=C/C(=O)O)cccc21. The highest BCUT2D eigenvalue weighted by molar-refractivity contribution is 5.86. The lowest BCUT2D eigenvalue weighted by Gasteiger charge is -2.28. The third-order valence-electron chi connectivity index (χ3n) is 2.51. The Morgan fingerprint density at radius 3 is 3.12 bits per heavy atom. The van der Waals surface area contributed by atoms with E-state index in [1.165, 1.54) is 0 Å². The van der Waals surface area contributed by atoms with Crippen molar-refractivity contribution in [2.24, 2.45) is 0 Å². The third kappa shape index (κ3) is 2.00. The Kier molecular flexibility index (Phi) is 2.81. The van der Waals surface area contributed by atoms with E-state index in [4.69, 9.17) is 9.84 Å². The molecule has 0 aromatic heterocycles. The summed E-state index contributed by atoms with van der Waals surface area (Å²) >= 11 is 0. The van der Waals surface area contributed by atoms with Gasteiger partial charge in [0.2, 0.25) is 0 Å². The van der Waals surface area contributed by atoms with Crippen LogP contribution in [0.5, 0.6) is 5.75 Å². The van der Waals surface area contributed by atoms with E-state index in [0.717, 1.165) is 29.6 Å². The van der Waals surface area contributed by atoms with Crippen molar-refractivity contribution in [1.82, 2.24) is 0 Å². The predicted octanol–water partition coefficient (Wildman–Crippen LogP) is 1.61. The molecular weight excluding hydrogens is 206 g/mol. The molecule has 2 rings (SSSR count). The number of likely N-dealkylation sites (N-methyl/N-ethyl adjacent to an activating group) is 1. The summed E-state index contributed by atoms with van der Waals surface area (Å²) in [5, 5.41) is 8.59. The van der Waals surface area contributed by atoms with Crippen LogP contribution < -0.4 is 9.64 Å². The number of aliphatic carboxylic acids is 1. The molecule has 0 bridgehead atoms. The molecule has 4 heteroatoms. The molecule has 0 atom stereocenters. The van der Waals surface area contributed by atoms with Gasteiger partial charge in [0.25, 0.3) is 0 Å². The van der Waals surface area contributed by atoms with Crippen molar-refractivity contribution in [3.8, 4) is 5.75 Å². The summed E-state index contributed by atoms with van der Waals surface area (Å²) in [7, 11) is 1.99. The highest BCUT2D eigenvalue weighted by Crippen LogP contribution is 2.34. The summed E-state index contributed by atoms with van der Waals surface area (Å²) in [6.45, 7) is 1.47. The van der Waals surface area contributed by atoms with Crippen molar-refractivity contribution in [2.75, 3.05) is 25.1 Å². The molecular formula is C12H13NO3. The number of para-hydroxylation sites is 1. The molecule has 0 aliphatic carbocycles. The van der Waals surface area contributed by atoms with Crippen molar-refractivity contribution in [1.29, 1.82) is 0 Å². The summed E-state index contributed by atoms with van der Waals surface area (Å²) in [6, 6.07) is 5.70. The fourth-order valence-corrected chi connectivity index (χ4v) is 1.70. The largest absolute Gasteiger partial charge is 0.489 e. The normalized spacial score (nSPS) is 14.7. The molecule has 1 aromatic carbocycles. The highest BCUT2D eigenvalue weighted by Gasteiger charge is 2.16. The van der Waals surface area contributed by atoms with Gasteiger partial charge in [-0.1, -0.05) is 12.1 Å². The van der Waals surface area contributed by atoms with Gasteiger partial charge in [-0.05, 0) is 12.1 Å². The van der Waals surface area contributed by atoms with Crippen LogP contribution in [0.1, 0.15) is 5.56 Å². The van der Waals surface area contributed by atoms with Crippen LogP contribution in [0.4, 0.5) is 5.69 Å². The minimum absolute atomic E-state index is 0.626. The molecule has 1 heterocycles. The number of rotatable bonds is 2. The average molecular weight is 219 g/mol. The van der Waals surface area contributed by atoms with Crippen molar-refractivity contribution < 1.29 is 14.6 Å². The van der Waals surface area contributed by atoms with Gasteiger partial charge < -0.3 is 14.7 Å². The number of hydrogen-bond donors (Lipinski definition) is 1. The number of fused-ring (bicyclic) bond motifs is 1. The number of anilines is 1. The number of carbonyl (C=O) groups is 1. The lowest BCUT2D eigenvalue weighted by molar-refractivity contribution is -0.131. The molecule has 0 amide bonds. The maximum absolute atomic E-state index is 10.5. The first-order valence-electron chi connectivity index (χ1n) is 5.06. The lowest BCUT2D eigenvalue weighted by atomic mass is 10.1. The molecule has 4 nitrogen and oxygen atoms in total. The number of carboxylic acid groups (broad SMARTS) is 1. The van der Waals surface area contributed by atoms with E-state index in [1.54, 1.807) is 6.08 Å². The van der Waals surface area contributed by atoms with E-state index < -0.39 is 5.97 Å². The van der Waals surface area contributed by atoms with Crippen LogP contribution in [0.3, 0.4) is 0 Å². The van der Waals surface area contributed by atoms with Gasteiger partial charge in [0, 0.05) is 18.7 Å². The first kappa shape index (κ1) is 10.5. The number of carboxylic acids is 1. The van der Waals surface area contributed by atoms with E-state index in [1.807, 2.05) is 25.2 Å². The maximum atomic E-state index is 10.5. The van der Waals surface area contributed by atoms with Crippen LogP contribution >= 0.6 is 0 Å². The fourth-order valence-electron chi connectivity index (χ4n) is 1.70. The molecule has 0 fully saturated rings. The monoisotopic (exact) mass is 219 g/mol. The van der Waals surface area contributed by atoms with Gasteiger partial charge in [-0.25, -0.2) is 4.79 Å². The lowest BCUT2D eigenvalue weighted by Crippen LogP contribution is -2.29. The first-order chi connectivity index (χ1) is 7.68. The van der Waals surface area contributed by atoms with Crippen LogP contribution in [0.15, 0.2) is 24.3 Å². The fraction of sp³-hybridized carbons (Fsp3) is 0.250. The quantitative estimate of drug-likeness (QED) is 0.768. The predicted molar refractivity (Wildman–Crippen MR) is 61.9 cm³/mol. The van der Waals surface area contributed by atoms with Gasteiger partial charge in [0.15, 0.2) is 0 Å². The zero-order valence-electron chi connectivity index (χ0n) is 9.01. The molecule has 1 N–H and O–H groups in total. The van der Waals surface area contributed by atoms with Crippen molar-refractivity contribution in [3.63, 3.8) is 0 Å². The summed E-state index contributed by atoms with van der Waals surface area (Å²) in [6.07, 6.45) is 2.67. The second-order valence-corrected chi connectivity index (χ2v) is 3.64. The zero-order valence-corrected chi connectivity index (χ0v) is 9.01. The number of benzene rings is 1. The van der Waals surface area contributed by atoms with Gasteiger partial charge in [-0.15, -0.1) is 0 Å². The summed E-state index contributed by atoms with van der Waals surface area (Å²) in [4.78, 5) is 12.6. The molecule has 84 valence electrons. The number of ether oxygens (including phenoxy) is 1. The molecule has 0 spiro atoms. The molecule has 0 saturated carbocycles. The topological polar surface area (TPSA) is 49.8 Å². The van der Waals surface area contributed by atoms with Crippen molar-refractivity contribution in [3.05, 3.63) is 29.8 Å². The maximum Gasteiger partial charge on any atom is 0.328 e. The second-order valence-electron chi connectivity index (χ2n) is 3.64. The van der Waals surface area contributed by atoms with E-state index in [0.29, 0.717) is 6.61 Å². The molecule has 0 unspecified atom stereocenters. The number of hydrogen-bond acceptors (Lipinski definition) is 3. The van der Waals surface area contributed by atoms with Crippen LogP contribution in [0.25, 0.3) is 6.08 Å². The first-order valence-corrected chi connectivity index (χ1v) is 5.06. The summed E-state index contributed by atoms with van der Waals surface area (Å²) in [5.41, 5.74) is 1.80. The average Bonchev–Trinajstić information content (AvgIpc) is 2.27. The smallest absolute Gasteiger partial charge is 0.328 e. The Hall–Kier alpha value is -1.97. The Morgan fingerprint density at radius 1 is 1.56 bits per heavy atom.